The highest BCUT2D eigenvalue weighted by Crippen LogP contribution is 2.39. The Hall–Kier alpha value is -1.39. The molecule has 0 aromatic heterocycles. The van der Waals surface area contributed by atoms with Gasteiger partial charge in [-0.25, -0.2) is 0 Å². The van der Waals surface area contributed by atoms with Crippen LogP contribution in [0.15, 0.2) is 24.3 Å². The number of anilines is 1. The van der Waals surface area contributed by atoms with Crippen LogP contribution in [0.25, 0.3) is 0 Å². The topological polar surface area (TPSA) is 52.6 Å². The zero-order valence-corrected chi connectivity index (χ0v) is 11.1. The lowest BCUT2D eigenvalue weighted by Gasteiger charge is -2.30. The zero-order chi connectivity index (χ0) is 13.3. The van der Waals surface area contributed by atoms with Crippen LogP contribution < -0.4 is 5.32 Å². The Labute approximate surface area is 113 Å². The van der Waals surface area contributed by atoms with Crippen molar-refractivity contribution in [1.82, 2.24) is 4.90 Å². The van der Waals surface area contributed by atoms with Crippen LogP contribution in [-0.4, -0.2) is 34.5 Å². The number of fused-ring (bicyclic) bond motifs is 1. The summed E-state index contributed by atoms with van der Waals surface area (Å²) in [5, 5.41) is 12.2. The molecule has 0 unspecified atom stereocenters. The number of nitrogens with one attached hydrogen (secondary N) is 1. The second-order valence-electron chi connectivity index (χ2n) is 5.54. The molecule has 2 aliphatic heterocycles. The summed E-state index contributed by atoms with van der Waals surface area (Å²) in [5.41, 5.74) is 1.34. The third-order valence-corrected chi connectivity index (χ3v) is 4.43. The zero-order valence-electron chi connectivity index (χ0n) is 11.1. The fraction of sp³-hybridized carbons (Fsp3) is 0.533. The Kier molecular flexibility index (Phi) is 3.29. The highest BCUT2D eigenvalue weighted by molar-refractivity contribution is 5.98. The van der Waals surface area contributed by atoms with Crippen molar-refractivity contribution in [2.45, 2.75) is 37.8 Å². The molecule has 0 aliphatic carbocycles. The van der Waals surface area contributed by atoms with Gasteiger partial charge < -0.3 is 10.4 Å². The molecule has 2 heterocycles. The van der Waals surface area contributed by atoms with Gasteiger partial charge in [-0.2, -0.15) is 0 Å². The summed E-state index contributed by atoms with van der Waals surface area (Å²) in [6.45, 7) is 2.09. The quantitative estimate of drug-likeness (QED) is 0.870. The van der Waals surface area contributed by atoms with Gasteiger partial charge in [0.15, 0.2) is 0 Å². The first-order valence-corrected chi connectivity index (χ1v) is 7.01. The summed E-state index contributed by atoms with van der Waals surface area (Å²) in [7, 11) is 0. The molecule has 2 saturated heterocycles. The molecule has 4 heteroatoms. The molecule has 0 radical (unpaired) electrons. The Balaban J connectivity index is 1.77. The first kappa shape index (κ1) is 12.6. The van der Waals surface area contributed by atoms with E-state index in [1.54, 1.807) is 0 Å². The van der Waals surface area contributed by atoms with Crippen LogP contribution in [-0.2, 0) is 11.4 Å². The van der Waals surface area contributed by atoms with Gasteiger partial charge in [0.05, 0.1) is 6.61 Å². The van der Waals surface area contributed by atoms with Crippen LogP contribution in [0.2, 0.25) is 0 Å². The molecule has 4 nitrogen and oxygen atoms in total. The Bertz CT molecular complexity index is 477. The van der Waals surface area contributed by atoms with Crippen molar-refractivity contribution in [2.24, 2.45) is 0 Å². The smallest absolute Gasteiger partial charge is 0.244 e. The van der Waals surface area contributed by atoms with Gasteiger partial charge in [-0.05, 0) is 56.5 Å². The van der Waals surface area contributed by atoms with Gasteiger partial charge in [0, 0.05) is 5.69 Å². The lowest BCUT2D eigenvalue weighted by Crippen LogP contribution is -2.48. The number of benzene rings is 1. The van der Waals surface area contributed by atoms with Crippen molar-refractivity contribution < 1.29 is 9.90 Å². The van der Waals surface area contributed by atoms with E-state index < -0.39 is 0 Å². The Morgan fingerprint density at radius 3 is 2.74 bits per heavy atom. The molecule has 102 valence electrons. The van der Waals surface area contributed by atoms with Gasteiger partial charge in [0.1, 0.15) is 5.54 Å². The molecule has 0 bridgehead atoms. The molecule has 1 amide bonds. The lowest BCUT2D eigenvalue weighted by molar-refractivity contribution is -0.125. The molecule has 2 fully saturated rings. The third kappa shape index (κ3) is 2.15. The third-order valence-electron chi connectivity index (χ3n) is 4.43. The number of nitrogens with zero attached hydrogens (tertiary/aromatic N) is 1. The standard InChI is InChI=1S/C15H20N2O2/c18-11-12-4-1-5-13(10-12)16-14(19)15-6-2-8-17(15)9-3-7-15/h1,4-5,10,18H,2-3,6-9,11H2,(H,16,19). The largest absolute Gasteiger partial charge is 0.392 e. The molecule has 2 aliphatic rings. The monoisotopic (exact) mass is 260 g/mol. The summed E-state index contributed by atoms with van der Waals surface area (Å²) in [6, 6.07) is 7.43. The van der Waals surface area contributed by atoms with Crippen LogP contribution in [0.5, 0.6) is 0 Å². The molecule has 1 aromatic rings. The van der Waals surface area contributed by atoms with Crippen molar-refractivity contribution in [1.29, 1.82) is 0 Å². The number of hydrogen-bond acceptors (Lipinski definition) is 3. The predicted molar refractivity (Wildman–Crippen MR) is 73.8 cm³/mol. The number of rotatable bonds is 3. The molecule has 3 rings (SSSR count). The average molecular weight is 260 g/mol. The van der Waals surface area contributed by atoms with E-state index in [4.69, 9.17) is 5.11 Å². The SMILES string of the molecule is O=C(Nc1cccc(CO)c1)C12CCCN1CCC2. The van der Waals surface area contributed by atoms with Crippen LogP contribution >= 0.6 is 0 Å². The van der Waals surface area contributed by atoms with Crippen LogP contribution in [0.1, 0.15) is 31.2 Å². The summed E-state index contributed by atoms with van der Waals surface area (Å²) in [4.78, 5) is 14.9. The van der Waals surface area contributed by atoms with Crippen molar-refractivity contribution >= 4 is 11.6 Å². The van der Waals surface area contributed by atoms with Crippen LogP contribution in [0.3, 0.4) is 0 Å². The van der Waals surface area contributed by atoms with E-state index >= 15 is 0 Å². The van der Waals surface area contributed by atoms with Crippen LogP contribution in [0.4, 0.5) is 5.69 Å². The number of carbonyl (C=O) groups excluding carboxylic acids is 1. The Morgan fingerprint density at radius 2 is 2.05 bits per heavy atom. The molecule has 0 spiro atoms. The molecule has 0 saturated carbocycles. The van der Waals surface area contributed by atoms with Gasteiger partial charge >= 0.3 is 0 Å². The van der Waals surface area contributed by atoms with E-state index in [1.807, 2.05) is 24.3 Å². The van der Waals surface area contributed by atoms with Gasteiger partial charge in [-0.1, -0.05) is 12.1 Å². The van der Waals surface area contributed by atoms with Crippen LogP contribution in [0, 0.1) is 0 Å². The number of amides is 1. The first-order valence-electron chi connectivity index (χ1n) is 7.01. The van der Waals surface area contributed by atoms with Gasteiger partial charge in [-0.3, -0.25) is 9.69 Å². The summed E-state index contributed by atoms with van der Waals surface area (Å²) in [6.07, 6.45) is 4.17. The number of aliphatic hydroxyl groups excluding tert-OH is 1. The average Bonchev–Trinajstić information content (AvgIpc) is 2.99. The fourth-order valence-corrected chi connectivity index (χ4v) is 3.47. The first-order chi connectivity index (χ1) is 9.24. The minimum Gasteiger partial charge on any atom is -0.392 e. The molecule has 0 atom stereocenters. The second-order valence-corrected chi connectivity index (χ2v) is 5.54. The van der Waals surface area contributed by atoms with E-state index in [0.29, 0.717) is 0 Å². The number of aliphatic hydroxyl groups is 1. The summed E-state index contributed by atoms with van der Waals surface area (Å²) < 4.78 is 0. The van der Waals surface area contributed by atoms with Crippen molar-refractivity contribution in [2.75, 3.05) is 18.4 Å². The highest BCUT2D eigenvalue weighted by Gasteiger charge is 2.49. The maximum atomic E-state index is 12.6. The Morgan fingerprint density at radius 1 is 1.32 bits per heavy atom. The number of hydrogen-bond donors (Lipinski definition) is 2. The molecule has 1 aromatic carbocycles. The normalized spacial score (nSPS) is 21.3. The van der Waals surface area contributed by atoms with Gasteiger partial charge in [-0.15, -0.1) is 0 Å². The van der Waals surface area contributed by atoms with Crippen molar-refractivity contribution in [3.05, 3.63) is 29.8 Å². The van der Waals surface area contributed by atoms with E-state index in [9.17, 15) is 4.79 Å². The summed E-state index contributed by atoms with van der Waals surface area (Å²) >= 11 is 0. The molecular weight excluding hydrogens is 240 g/mol. The maximum Gasteiger partial charge on any atom is 0.244 e. The lowest BCUT2D eigenvalue weighted by atomic mass is 9.93. The van der Waals surface area contributed by atoms with E-state index in [1.165, 1.54) is 0 Å². The predicted octanol–water partition coefficient (Wildman–Crippen LogP) is 1.75. The minimum atomic E-state index is -0.269. The number of carbonyl (C=O) groups is 1. The molecular formula is C15H20N2O2. The highest BCUT2D eigenvalue weighted by atomic mass is 16.3. The van der Waals surface area contributed by atoms with E-state index in [0.717, 1.165) is 50.0 Å². The van der Waals surface area contributed by atoms with Crippen molar-refractivity contribution in [3.63, 3.8) is 0 Å². The van der Waals surface area contributed by atoms with Gasteiger partial charge in [0.2, 0.25) is 5.91 Å². The maximum absolute atomic E-state index is 12.6. The van der Waals surface area contributed by atoms with E-state index in [2.05, 4.69) is 10.2 Å². The van der Waals surface area contributed by atoms with Crippen molar-refractivity contribution in [3.8, 4) is 0 Å². The van der Waals surface area contributed by atoms with Gasteiger partial charge in [0.25, 0.3) is 0 Å². The second kappa shape index (κ2) is 4.94. The minimum absolute atomic E-state index is 0.000971. The summed E-state index contributed by atoms with van der Waals surface area (Å²) in [5.74, 6) is 0.123. The van der Waals surface area contributed by atoms with E-state index in [-0.39, 0.29) is 18.1 Å². The molecule has 19 heavy (non-hydrogen) atoms. The molecule has 2 N–H and O–H groups in total. The fourth-order valence-electron chi connectivity index (χ4n) is 3.47.